The Bertz CT molecular complexity index is 417. The molecule has 4 heteroatoms. The summed E-state index contributed by atoms with van der Waals surface area (Å²) >= 11 is 1.72. The average Bonchev–Trinajstić information content (AvgIpc) is 2.82. The second-order valence-electron chi connectivity index (χ2n) is 4.72. The van der Waals surface area contributed by atoms with Gasteiger partial charge in [0.15, 0.2) is 0 Å². The average molecular weight is 281 g/mol. The molecule has 1 rings (SSSR count). The van der Waals surface area contributed by atoms with Crippen molar-refractivity contribution in [1.29, 1.82) is 0 Å². The van der Waals surface area contributed by atoms with Gasteiger partial charge >= 0.3 is 0 Å². The van der Waals surface area contributed by atoms with Crippen LogP contribution in [0.5, 0.6) is 0 Å². The van der Waals surface area contributed by atoms with E-state index in [0.717, 1.165) is 25.1 Å². The number of thiophene rings is 1. The Balaban J connectivity index is 2.58. The lowest BCUT2D eigenvalue weighted by molar-refractivity contribution is 0.186. The van der Waals surface area contributed by atoms with E-state index >= 15 is 0 Å². The van der Waals surface area contributed by atoms with Gasteiger partial charge in [0, 0.05) is 48.0 Å². The molecule has 0 saturated heterocycles. The van der Waals surface area contributed by atoms with Crippen molar-refractivity contribution in [3.63, 3.8) is 0 Å². The number of nitrogens with zero attached hydrogens (tertiary/aromatic N) is 1. The fourth-order valence-corrected chi connectivity index (χ4v) is 2.58. The van der Waals surface area contributed by atoms with E-state index in [1.165, 1.54) is 4.88 Å². The molecule has 0 aliphatic heterocycles. The molecule has 0 spiro atoms. The third-order valence-corrected chi connectivity index (χ3v) is 3.74. The molecule has 0 saturated carbocycles. The van der Waals surface area contributed by atoms with Gasteiger partial charge in [0.25, 0.3) is 0 Å². The van der Waals surface area contributed by atoms with E-state index in [9.17, 15) is 0 Å². The second kappa shape index (κ2) is 9.11. The molecule has 1 aromatic rings. The first-order valence-electron chi connectivity index (χ1n) is 6.69. The topological polar surface area (TPSA) is 43.7 Å². The Morgan fingerprint density at radius 2 is 2.11 bits per heavy atom. The highest BCUT2D eigenvalue weighted by molar-refractivity contribution is 7.10. The van der Waals surface area contributed by atoms with Crippen LogP contribution in [0.25, 0.3) is 0 Å². The van der Waals surface area contributed by atoms with E-state index in [2.05, 4.69) is 42.0 Å². The van der Waals surface area contributed by atoms with Gasteiger partial charge in [0.2, 0.25) is 0 Å². The molecule has 0 unspecified atom stereocenters. The number of aliphatic hydroxyl groups is 2. The Morgan fingerprint density at radius 1 is 1.32 bits per heavy atom. The predicted molar refractivity (Wildman–Crippen MR) is 80.1 cm³/mol. The van der Waals surface area contributed by atoms with Crippen LogP contribution in [-0.2, 0) is 6.54 Å². The molecule has 0 fully saturated rings. The zero-order chi connectivity index (χ0) is 14.1. The Morgan fingerprint density at radius 3 is 2.74 bits per heavy atom. The van der Waals surface area contributed by atoms with E-state index < -0.39 is 0 Å². The van der Waals surface area contributed by atoms with Crippen LogP contribution in [0.1, 0.15) is 37.1 Å². The summed E-state index contributed by atoms with van der Waals surface area (Å²) in [6, 6.07) is 2.58. The first kappa shape index (κ1) is 16.2. The lowest BCUT2D eigenvalue weighted by Gasteiger charge is -2.25. The van der Waals surface area contributed by atoms with E-state index in [1.54, 1.807) is 11.3 Å². The van der Waals surface area contributed by atoms with Crippen molar-refractivity contribution in [2.45, 2.75) is 39.3 Å². The molecule has 1 heterocycles. The highest BCUT2D eigenvalue weighted by Gasteiger charge is 2.10. The maximum Gasteiger partial charge on any atom is 0.0540 e. The van der Waals surface area contributed by atoms with Gasteiger partial charge in [0.05, 0.1) is 6.61 Å². The van der Waals surface area contributed by atoms with Crippen LogP contribution in [0, 0.1) is 11.8 Å². The zero-order valence-corrected chi connectivity index (χ0v) is 12.5. The molecule has 0 atom stereocenters. The van der Waals surface area contributed by atoms with Gasteiger partial charge in [-0.05, 0) is 26.3 Å². The number of rotatable bonds is 7. The fourth-order valence-electron chi connectivity index (χ4n) is 1.74. The maximum absolute atomic E-state index is 8.92. The number of hydrogen-bond acceptors (Lipinski definition) is 4. The van der Waals surface area contributed by atoms with E-state index in [-0.39, 0.29) is 13.2 Å². The van der Waals surface area contributed by atoms with Gasteiger partial charge in [-0.2, -0.15) is 0 Å². The lowest BCUT2D eigenvalue weighted by atomic mass is 10.2. The molecule has 0 aliphatic rings. The molecule has 3 nitrogen and oxygen atoms in total. The van der Waals surface area contributed by atoms with Crippen molar-refractivity contribution in [3.05, 3.63) is 21.9 Å². The van der Waals surface area contributed by atoms with Crippen molar-refractivity contribution in [3.8, 4) is 11.8 Å². The van der Waals surface area contributed by atoms with Gasteiger partial charge in [-0.1, -0.05) is 11.8 Å². The monoisotopic (exact) mass is 281 g/mol. The highest BCUT2D eigenvalue weighted by Crippen LogP contribution is 2.17. The summed E-state index contributed by atoms with van der Waals surface area (Å²) in [5.41, 5.74) is 1.03. The lowest BCUT2D eigenvalue weighted by Crippen LogP contribution is -2.31. The van der Waals surface area contributed by atoms with Crippen LogP contribution in [0.4, 0.5) is 0 Å². The smallest absolute Gasteiger partial charge is 0.0540 e. The van der Waals surface area contributed by atoms with Crippen LogP contribution < -0.4 is 0 Å². The van der Waals surface area contributed by atoms with Gasteiger partial charge in [-0.15, -0.1) is 11.3 Å². The van der Waals surface area contributed by atoms with E-state index in [4.69, 9.17) is 10.2 Å². The third-order valence-electron chi connectivity index (χ3n) is 2.82. The predicted octanol–water partition coefficient (Wildman–Crippen LogP) is 2.07. The molecule has 19 heavy (non-hydrogen) atoms. The zero-order valence-electron chi connectivity index (χ0n) is 11.7. The van der Waals surface area contributed by atoms with E-state index in [1.807, 2.05) is 0 Å². The molecule has 0 amide bonds. The third kappa shape index (κ3) is 6.22. The molecule has 1 aromatic heterocycles. The van der Waals surface area contributed by atoms with Crippen LogP contribution in [0.3, 0.4) is 0 Å². The number of aliphatic hydroxyl groups excluding tert-OH is 2. The van der Waals surface area contributed by atoms with Crippen molar-refractivity contribution in [2.24, 2.45) is 0 Å². The maximum atomic E-state index is 8.92. The Labute approximate surface area is 119 Å². The van der Waals surface area contributed by atoms with Crippen LogP contribution in [0.15, 0.2) is 11.4 Å². The van der Waals surface area contributed by atoms with Crippen molar-refractivity contribution in [2.75, 3.05) is 19.8 Å². The van der Waals surface area contributed by atoms with Crippen LogP contribution in [-0.4, -0.2) is 40.9 Å². The summed E-state index contributed by atoms with van der Waals surface area (Å²) in [6.45, 7) is 6.53. The molecular formula is C15H23NO2S. The van der Waals surface area contributed by atoms with Crippen molar-refractivity contribution in [1.82, 2.24) is 4.90 Å². The molecule has 2 N–H and O–H groups in total. The SMILES string of the molecule is CC(C)N(CCCO)Cc1cc(C#CCCO)cs1. The van der Waals surface area contributed by atoms with Gasteiger partial charge in [-0.3, -0.25) is 4.90 Å². The molecule has 106 valence electrons. The molecule has 0 radical (unpaired) electrons. The minimum absolute atomic E-state index is 0.117. The summed E-state index contributed by atoms with van der Waals surface area (Å²) in [7, 11) is 0. The van der Waals surface area contributed by atoms with Gasteiger partial charge < -0.3 is 10.2 Å². The van der Waals surface area contributed by atoms with Gasteiger partial charge in [0.1, 0.15) is 0 Å². The normalized spacial score (nSPS) is 10.8. The molecule has 0 bridgehead atoms. The highest BCUT2D eigenvalue weighted by atomic mass is 32.1. The summed E-state index contributed by atoms with van der Waals surface area (Å²) in [6.07, 6.45) is 1.34. The summed E-state index contributed by atoms with van der Waals surface area (Å²) in [5.74, 6) is 5.99. The molecule has 0 aromatic carbocycles. The Hall–Kier alpha value is -0.860. The number of hydrogen-bond donors (Lipinski definition) is 2. The first-order valence-corrected chi connectivity index (χ1v) is 7.57. The standard InChI is InChI=1S/C15H23NO2S/c1-13(2)16(7-5-9-18)11-15-10-14(12-19-15)6-3-4-8-17/h10,12-13,17-18H,4-5,7-9,11H2,1-2H3. The largest absolute Gasteiger partial charge is 0.396 e. The van der Waals surface area contributed by atoms with E-state index in [0.29, 0.717) is 12.5 Å². The summed E-state index contributed by atoms with van der Waals surface area (Å²) in [5, 5.41) is 19.7. The van der Waals surface area contributed by atoms with Gasteiger partial charge in [-0.25, -0.2) is 0 Å². The van der Waals surface area contributed by atoms with Crippen molar-refractivity contribution >= 4 is 11.3 Å². The van der Waals surface area contributed by atoms with Crippen LogP contribution in [0.2, 0.25) is 0 Å². The summed E-state index contributed by atoms with van der Waals surface area (Å²) in [4.78, 5) is 3.65. The summed E-state index contributed by atoms with van der Waals surface area (Å²) < 4.78 is 0. The van der Waals surface area contributed by atoms with Crippen molar-refractivity contribution < 1.29 is 10.2 Å². The minimum atomic E-state index is 0.117. The first-order chi connectivity index (χ1) is 9.17. The minimum Gasteiger partial charge on any atom is -0.396 e. The quantitative estimate of drug-likeness (QED) is 0.752. The molecular weight excluding hydrogens is 258 g/mol. The second-order valence-corrected chi connectivity index (χ2v) is 5.71. The molecule has 0 aliphatic carbocycles. The Kier molecular flexibility index (Phi) is 7.76. The van der Waals surface area contributed by atoms with Crippen LogP contribution >= 0.6 is 11.3 Å². The fraction of sp³-hybridized carbons (Fsp3) is 0.600.